The highest BCUT2D eigenvalue weighted by Gasteiger charge is 2.09. The van der Waals surface area contributed by atoms with Crippen LogP contribution in [0.15, 0.2) is 16.9 Å². The molecule has 0 radical (unpaired) electrons. The Labute approximate surface area is 106 Å². The summed E-state index contributed by atoms with van der Waals surface area (Å²) >= 11 is 0. The Kier molecular flexibility index (Phi) is 6.07. The van der Waals surface area contributed by atoms with Gasteiger partial charge >= 0.3 is 0 Å². The molecule has 1 rings (SSSR count). The maximum absolute atomic E-state index is 11.6. The number of nitrogens with one attached hydrogen (secondary N) is 2. The first-order valence-electron chi connectivity index (χ1n) is 6.21. The van der Waals surface area contributed by atoms with Gasteiger partial charge < -0.3 is 11.1 Å². The van der Waals surface area contributed by atoms with Crippen molar-refractivity contribution in [2.24, 2.45) is 11.7 Å². The molecule has 1 amide bonds. The van der Waals surface area contributed by atoms with Crippen molar-refractivity contribution in [1.29, 1.82) is 0 Å². The minimum Gasteiger partial charge on any atom is -0.330 e. The smallest absolute Gasteiger partial charge is 0.264 e. The zero-order valence-electron chi connectivity index (χ0n) is 10.6. The molecule has 0 saturated heterocycles. The van der Waals surface area contributed by atoms with Gasteiger partial charge in [0.15, 0.2) is 5.82 Å². The van der Waals surface area contributed by atoms with Crippen molar-refractivity contribution < 1.29 is 4.79 Å². The average Bonchev–Trinajstić information content (AvgIpc) is 2.37. The summed E-state index contributed by atoms with van der Waals surface area (Å²) in [6, 6.07) is 2.81. The second kappa shape index (κ2) is 7.60. The van der Waals surface area contributed by atoms with Gasteiger partial charge in [0.1, 0.15) is 0 Å². The lowest BCUT2D eigenvalue weighted by molar-refractivity contribution is -0.116. The molecule has 0 aliphatic rings. The van der Waals surface area contributed by atoms with Gasteiger partial charge in [0, 0.05) is 12.5 Å². The van der Waals surface area contributed by atoms with Crippen molar-refractivity contribution in [3.8, 4) is 0 Å². The summed E-state index contributed by atoms with van der Waals surface area (Å²) in [5.41, 5.74) is 5.21. The molecule has 0 aliphatic heterocycles. The number of nitrogens with two attached hydrogens (primary N) is 1. The van der Waals surface area contributed by atoms with Crippen LogP contribution in [0, 0.1) is 5.92 Å². The van der Waals surface area contributed by atoms with E-state index in [9.17, 15) is 9.59 Å². The number of rotatable bonds is 7. The number of aromatic amines is 1. The van der Waals surface area contributed by atoms with E-state index in [-0.39, 0.29) is 11.5 Å². The highest BCUT2D eigenvalue weighted by atomic mass is 16.1. The Bertz CT molecular complexity index is 410. The summed E-state index contributed by atoms with van der Waals surface area (Å²) in [7, 11) is 0. The first kappa shape index (κ1) is 14.4. The van der Waals surface area contributed by atoms with Gasteiger partial charge in [0.05, 0.1) is 0 Å². The van der Waals surface area contributed by atoms with E-state index < -0.39 is 0 Å². The summed E-state index contributed by atoms with van der Waals surface area (Å²) in [6.07, 6.45) is 3.24. The normalized spacial score (nSPS) is 12.1. The van der Waals surface area contributed by atoms with Crippen LogP contribution in [0.4, 0.5) is 5.82 Å². The molecule has 1 heterocycles. The molecule has 1 aromatic rings. The van der Waals surface area contributed by atoms with Gasteiger partial charge in [-0.05, 0) is 31.4 Å². The molecule has 0 aliphatic carbocycles. The predicted octanol–water partition coefficient (Wildman–Crippen LogP) is 0.864. The minimum absolute atomic E-state index is 0.0926. The van der Waals surface area contributed by atoms with E-state index in [1.54, 1.807) is 0 Å². The molecule has 1 aromatic heterocycles. The standard InChI is InChI=1S/C12H20N4O2/c1-2-9(7-8-13)3-5-11(17)14-10-4-6-12(18)16-15-10/h4,6,9H,2-3,5,7-8,13H2,1H3,(H,16,18)(H,14,15,17). The number of carbonyl (C=O) groups excluding carboxylic acids is 1. The molecule has 1 atom stereocenters. The summed E-state index contributed by atoms with van der Waals surface area (Å²) in [6.45, 7) is 2.75. The summed E-state index contributed by atoms with van der Waals surface area (Å²) in [5, 5.41) is 8.62. The van der Waals surface area contributed by atoms with Gasteiger partial charge in [-0.2, -0.15) is 5.10 Å². The van der Waals surface area contributed by atoms with Gasteiger partial charge in [-0.1, -0.05) is 13.3 Å². The molecular weight excluding hydrogens is 232 g/mol. The van der Waals surface area contributed by atoms with Crippen LogP contribution in [0.5, 0.6) is 0 Å². The fourth-order valence-electron chi connectivity index (χ4n) is 1.74. The zero-order valence-corrected chi connectivity index (χ0v) is 10.6. The zero-order chi connectivity index (χ0) is 13.4. The van der Waals surface area contributed by atoms with E-state index in [0.29, 0.717) is 24.7 Å². The van der Waals surface area contributed by atoms with Crippen LogP contribution in [0.1, 0.15) is 32.6 Å². The molecule has 18 heavy (non-hydrogen) atoms. The molecular formula is C12H20N4O2. The van der Waals surface area contributed by atoms with Crippen molar-refractivity contribution in [2.75, 3.05) is 11.9 Å². The third-order valence-electron chi connectivity index (χ3n) is 2.88. The molecule has 1 unspecified atom stereocenters. The topological polar surface area (TPSA) is 101 Å². The van der Waals surface area contributed by atoms with Crippen LogP contribution in [-0.2, 0) is 4.79 Å². The van der Waals surface area contributed by atoms with E-state index in [4.69, 9.17) is 5.73 Å². The molecule has 6 heteroatoms. The number of hydrogen-bond acceptors (Lipinski definition) is 4. The number of carbonyl (C=O) groups is 1. The van der Waals surface area contributed by atoms with Crippen molar-refractivity contribution in [2.45, 2.75) is 32.6 Å². The molecule has 6 nitrogen and oxygen atoms in total. The predicted molar refractivity (Wildman–Crippen MR) is 70.2 cm³/mol. The van der Waals surface area contributed by atoms with E-state index in [1.165, 1.54) is 12.1 Å². The average molecular weight is 252 g/mol. The number of amides is 1. The van der Waals surface area contributed by atoms with Crippen LogP contribution < -0.4 is 16.6 Å². The lowest BCUT2D eigenvalue weighted by Gasteiger charge is -2.12. The molecule has 4 N–H and O–H groups in total. The van der Waals surface area contributed by atoms with Gasteiger partial charge in [-0.25, -0.2) is 5.10 Å². The minimum atomic E-state index is -0.290. The fraction of sp³-hybridized carbons (Fsp3) is 0.583. The highest BCUT2D eigenvalue weighted by Crippen LogP contribution is 2.14. The molecule has 0 fully saturated rings. The second-order valence-electron chi connectivity index (χ2n) is 4.24. The highest BCUT2D eigenvalue weighted by molar-refractivity contribution is 5.89. The number of hydrogen-bond donors (Lipinski definition) is 3. The first-order valence-corrected chi connectivity index (χ1v) is 6.21. The first-order chi connectivity index (χ1) is 8.65. The third-order valence-corrected chi connectivity index (χ3v) is 2.88. The van der Waals surface area contributed by atoms with Gasteiger partial charge in [0.2, 0.25) is 5.91 Å². The number of aromatic nitrogens is 2. The molecule has 0 aromatic carbocycles. The Balaban J connectivity index is 2.37. The third kappa shape index (κ3) is 5.09. The molecule has 0 saturated carbocycles. The van der Waals surface area contributed by atoms with Crippen LogP contribution in [0.25, 0.3) is 0 Å². The van der Waals surface area contributed by atoms with Crippen LogP contribution in [0.3, 0.4) is 0 Å². The second-order valence-corrected chi connectivity index (χ2v) is 4.24. The summed E-state index contributed by atoms with van der Waals surface area (Å²) < 4.78 is 0. The monoisotopic (exact) mass is 252 g/mol. The van der Waals surface area contributed by atoms with E-state index in [0.717, 1.165) is 19.3 Å². The van der Waals surface area contributed by atoms with Crippen LogP contribution >= 0.6 is 0 Å². The summed E-state index contributed by atoms with van der Waals surface area (Å²) in [4.78, 5) is 22.4. The fourth-order valence-corrected chi connectivity index (χ4v) is 1.74. The Morgan fingerprint density at radius 1 is 1.50 bits per heavy atom. The Morgan fingerprint density at radius 3 is 2.83 bits per heavy atom. The van der Waals surface area contributed by atoms with Crippen molar-refractivity contribution in [3.05, 3.63) is 22.5 Å². The van der Waals surface area contributed by atoms with Crippen molar-refractivity contribution in [1.82, 2.24) is 10.2 Å². The van der Waals surface area contributed by atoms with E-state index >= 15 is 0 Å². The van der Waals surface area contributed by atoms with E-state index in [2.05, 4.69) is 22.4 Å². The number of H-pyrrole nitrogens is 1. The Hall–Kier alpha value is -1.69. The lowest BCUT2D eigenvalue weighted by Crippen LogP contribution is -2.17. The quantitative estimate of drug-likeness (QED) is 0.670. The van der Waals surface area contributed by atoms with Gasteiger partial charge in [0.25, 0.3) is 5.56 Å². The SMILES string of the molecule is CCC(CCN)CCC(=O)Nc1ccc(=O)[nH]n1. The summed E-state index contributed by atoms with van der Waals surface area (Å²) in [5.74, 6) is 0.765. The van der Waals surface area contributed by atoms with Crippen molar-refractivity contribution >= 4 is 11.7 Å². The number of anilines is 1. The lowest BCUT2D eigenvalue weighted by atomic mass is 9.96. The maximum atomic E-state index is 11.6. The Morgan fingerprint density at radius 2 is 2.28 bits per heavy atom. The molecule has 100 valence electrons. The largest absolute Gasteiger partial charge is 0.330 e. The maximum Gasteiger partial charge on any atom is 0.264 e. The van der Waals surface area contributed by atoms with Gasteiger partial charge in [-0.3, -0.25) is 9.59 Å². The van der Waals surface area contributed by atoms with Crippen LogP contribution in [-0.4, -0.2) is 22.6 Å². The molecule has 0 bridgehead atoms. The van der Waals surface area contributed by atoms with E-state index in [1.807, 2.05) is 0 Å². The van der Waals surface area contributed by atoms with Crippen LogP contribution in [0.2, 0.25) is 0 Å². The molecule has 0 spiro atoms. The number of nitrogens with zero attached hydrogens (tertiary/aromatic N) is 1. The van der Waals surface area contributed by atoms with Gasteiger partial charge in [-0.15, -0.1) is 0 Å². The van der Waals surface area contributed by atoms with Crippen molar-refractivity contribution in [3.63, 3.8) is 0 Å².